The molecule has 208 valence electrons. The highest BCUT2D eigenvalue weighted by molar-refractivity contribution is 7.10. The van der Waals surface area contributed by atoms with Gasteiger partial charge in [0.25, 0.3) is 0 Å². The van der Waals surface area contributed by atoms with Gasteiger partial charge in [0, 0.05) is 36.0 Å². The number of hydrogen-bond donors (Lipinski definition) is 1. The standard InChI is InChI=1S/C26H34NO3S.C2HF3O2/c28-25(26(29,22-9-4-5-10-22)24-11-6-18-31-24)30-23-19-27(16-13-21(23)14-17-27)15-12-20-7-2-1-3-8-20;3-2(4,5)1(6)7/h1-3,6-8,11,18,21-23,29H,4-5,9-10,12-17,19H2;(H,6,7)/q+1;/p-1/t21?,23-,26+,27?;/m0./s1. The summed E-state index contributed by atoms with van der Waals surface area (Å²) >= 11 is 1.47. The molecule has 6 nitrogen and oxygen atoms in total. The Morgan fingerprint density at radius 3 is 2.21 bits per heavy atom. The van der Waals surface area contributed by atoms with Crippen LogP contribution in [0.5, 0.6) is 0 Å². The molecule has 2 bridgehead atoms. The summed E-state index contributed by atoms with van der Waals surface area (Å²) in [6, 6.07) is 14.5. The molecular weight excluding hydrogens is 519 g/mol. The number of quaternary nitrogens is 1. The number of carbonyl (C=O) groups excluding carboxylic acids is 2. The van der Waals surface area contributed by atoms with Crippen molar-refractivity contribution < 1.29 is 42.2 Å². The van der Waals surface area contributed by atoms with Crippen LogP contribution in [-0.2, 0) is 26.3 Å². The van der Waals surface area contributed by atoms with Gasteiger partial charge in [-0.05, 0) is 29.9 Å². The lowest BCUT2D eigenvalue weighted by Gasteiger charge is -2.52. The van der Waals surface area contributed by atoms with Crippen LogP contribution in [0.2, 0.25) is 0 Å². The van der Waals surface area contributed by atoms with E-state index >= 15 is 0 Å². The van der Waals surface area contributed by atoms with Gasteiger partial charge in [0.2, 0.25) is 0 Å². The minimum Gasteiger partial charge on any atom is -0.542 e. The van der Waals surface area contributed by atoms with Gasteiger partial charge in [-0.2, -0.15) is 13.2 Å². The van der Waals surface area contributed by atoms with Crippen molar-refractivity contribution in [2.75, 3.05) is 26.2 Å². The van der Waals surface area contributed by atoms with E-state index in [1.165, 1.54) is 30.0 Å². The van der Waals surface area contributed by atoms with Crippen molar-refractivity contribution in [2.24, 2.45) is 11.8 Å². The monoisotopic (exact) mass is 553 g/mol. The Hall–Kier alpha value is -2.43. The molecule has 0 radical (unpaired) electrons. The van der Waals surface area contributed by atoms with E-state index in [2.05, 4.69) is 30.3 Å². The lowest BCUT2D eigenvalue weighted by Crippen LogP contribution is -2.65. The van der Waals surface area contributed by atoms with Crippen LogP contribution in [0.3, 0.4) is 0 Å². The fourth-order valence-electron chi connectivity index (χ4n) is 6.21. The van der Waals surface area contributed by atoms with E-state index < -0.39 is 23.7 Å². The Kier molecular flexibility index (Phi) is 8.84. The third kappa shape index (κ3) is 6.40. The van der Waals surface area contributed by atoms with Gasteiger partial charge < -0.3 is 24.2 Å². The fraction of sp³-hybridized carbons (Fsp3) is 0.571. The molecule has 0 unspecified atom stereocenters. The Morgan fingerprint density at radius 1 is 1.03 bits per heavy atom. The van der Waals surface area contributed by atoms with Crippen LogP contribution < -0.4 is 5.11 Å². The number of esters is 1. The summed E-state index contributed by atoms with van der Waals surface area (Å²) in [5, 5.41) is 22.4. The molecule has 0 spiro atoms. The molecule has 10 heteroatoms. The van der Waals surface area contributed by atoms with Crippen molar-refractivity contribution in [3.63, 3.8) is 0 Å². The average Bonchev–Trinajstić information content (AvgIpc) is 3.64. The normalized spacial score (nSPS) is 26.7. The smallest absolute Gasteiger partial charge is 0.430 e. The summed E-state index contributed by atoms with van der Waals surface area (Å²) in [6.45, 7) is 4.36. The van der Waals surface area contributed by atoms with Crippen LogP contribution in [0.1, 0.15) is 49.0 Å². The number of fused-ring (bicyclic) bond motifs is 3. The topological polar surface area (TPSA) is 86.7 Å². The maximum Gasteiger partial charge on any atom is 0.430 e. The number of ether oxygens (including phenoxy) is 1. The van der Waals surface area contributed by atoms with Gasteiger partial charge in [0.05, 0.1) is 19.6 Å². The van der Waals surface area contributed by atoms with Gasteiger partial charge in [-0.3, -0.25) is 0 Å². The van der Waals surface area contributed by atoms with Crippen molar-refractivity contribution in [3.05, 3.63) is 58.3 Å². The number of thiophene rings is 1. The molecule has 2 aromatic rings. The molecule has 4 aliphatic rings. The SMILES string of the molecule is O=C(O[C@H]1C[N+]2(CCc3ccccc3)CCC1CC2)[C@](O)(c1cccs1)C1CCCC1.O=C([O-])C(F)(F)F. The number of carbonyl (C=O) groups is 2. The molecule has 1 N–H and O–H groups in total. The first-order valence-electron chi connectivity index (χ1n) is 13.2. The van der Waals surface area contributed by atoms with Crippen LogP contribution in [0.25, 0.3) is 0 Å². The van der Waals surface area contributed by atoms with Gasteiger partial charge in [-0.1, -0.05) is 49.2 Å². The summed E-state index contributed by atoms with van der Waals surface area (Å²) in [5.41, 5.74) is -0.101. The van der Waals surface area contributed by atoms with Gasteiger partial charge in [0.1, 0.15) is 12.5 Å². The predicted octanol–water partition coefficient (Wildman–Crippen LogP) is 3.82. The number of piperidine rings is 3. The van der Waals surface area contributed by atoms with Crippen molar-refractivity contribution >= 4 is 23.3 Å². The number of rotatable bonds is 7. The lowest BCUT2D eigenvalue weighted by molar-refractivity contribution is -0.946. The minimum atomic E-state index is -5.19. The second kappa shape index (κ2) is 11.8. The number of hydrogen-bond acceptors (Lipinski definition) is 6. The first-order valence-corrected chi connectivity index (χ1v) is 14.1. The molecule has 1 aromatic carbocycles. The summed E-state index contributed by atoms with van der Waals surface area (Å²) in [7, 11) is 0. The highest BCUT2D eigenvalue weighted by Crippen LogP contribution is 2.44. The Labute approximate surface area is 224 Å². The van der Waals surface area contributed by atoms with Gasteiger partial charge in [-0.15, -0.1) is 11.3 Å². The molecule has 6 rings (SSSR count). The molecule has 3 saturated heterocycles. The second-order valence-electron chi connectivity index (χ2n) is 10.7. The number of carboxylic acid groups (broad SMARTS) is 1. The third-order valence-electron chi connectivity index (χ3n) is 8.40. The zero-order chi connectivity index (χ0) is 27.4. The van der Waals surface area contributed by atoms with Crippen molar-refractivity contribution in [3.8, 4) is 0 Å². The van der Waals surface area contributed by atoms with E-state index in [0.717, 1.165) is 67.4 Å². The summed E-state index contributed by atoms with van der Waals surface area (Å²) in [5.74, 6) is -2.99. The minimum absolute atomic E-state index is 0.0269. The highest BCUT2D eigenvalue weighted by Gasteiger charge is 2.53. The number of nitrogens with zero attached hydrogens (tertiary/aromatic N) is 1. The van der Waals surface area contributed by atoms with Crippen LogP contribution in [0, 0.1) is 11.8 Å². The number of alkyl halides is 3. The average molecular weight is 554 g/mol. The van der Waals surface area contributed by atoms with E-state index in [1.54, 1.807) is 0 Å². The van der Waals surface area contributed by atoms with Crippen molar-refractivity contribution in [1.29, 1.82) is 0 Å². The summed E-state index contributed by atoms with van der Waals surface area (Å²) < 4.78 is 38.8. The zero-order valence-electron chi connectivity index (χ0n) is 21.2. The molecule has 4 heterocycles. The van der Waals surface area contributed by atoms with E-state index in [-0.39, 0.29) is 12.0 Å². The zero-order valence-corrected chi connectivity index (χ0v) is 22.0. The molecule has 38 heavy (non-hydrogen) atoms. The number of aliphatic hydroxyl groups is 1. The maximum atomic E-state index is 13.5. The first kappa shape index (κ1) is 28.6. The van der Waals surface area contributed by atoms with E-state index in [9.17, 15) is 23.1 Å². The fourth-order valence-corrected chi connectivity index (χ4v) is 7.11. The molecule has 1 aliphatic carbocycles. The van der Waals surface area contributed by atoms with Crippen LogP contribution in [0.4, 0.5) is 13.2 Å². The first-order chi connectivity index (χ1) is 18.0. The van der Waals surface area contributed by atoms with E-state index in [0.29, 0.717) is 5.92 Å². The molecule has 2 atom stereocenters. The highest BCUT2D eigenvalue weighted by atomic mass is 32.1. The van der Waals surface area contributed by atoms with Crippen molar-refractivity contribution in [1.82, 2.24) is 0 Å². The molecule has 3 aliphatic heterocycles. The second-order valence-corrected chi connectivity index (χ2v) is 11.7. The maximum absolute atomic E-state index is 13.5. The van der Waals surface area contributed by atoms with Crippen LogP contribution >= 0.6 is 11.3 Å². The Morgan fingerprint density at radius 2 is 1.66 bits per heavy atom. The third-order valence-corrected chi connectivity index (χ3v) is 9.40. The molecule has 1 saturated carbocycles. The number of aliphatic carboxylic acids is 1. The van der Waals surface area contributed by atoms with Gasteiger partial charge >= 0.3 is 12.1 Å². The number of carboxylic acids is 1. The van der Waals surface area contributed by atoms with E-state index in [4.69, 9.17) is 14.6 Å². The largest absolute Gasteiger partial charge is 0.542 e. The predicted molar refractivity (Wildman–Crippen MR) is 134 cm³/mol. The van der Waals surface area contributed by atoms with Crippen LogP contribution in [-0.4, -0.2) is 60.0 Å². The summed E-state index contributed by atoms with van der Waals surface area (Å²) in [4.78, 5) is 23.0. The molecule has 1 aromatic heterocycles. The number of halogens is 3. The lowest BCUT2D eigenvalue weighted by atomic mass is 9.81. The molecular formula is C28H34F3NO5S. The quantitative estimate of drug-likeness (QED) is 0.416. The van der Waals surface area contributed by atoms with Gasteiger partial charge in [0.15, 0.2) is 11.7 Å². The Balaban J connectivity index is 0.000000426. The Bertz CT molecular complexity index is 1060. The van der Waals surface area contributed by atoms with Crippen LogP contribution in [0.15, 0.2) is 47.8 Å². The molecule has 4 fully saturated rings. The van der Waals surface area contributed by atoms with Crippen molar-refractivity contribution in [2.45, 2.75) is 62.8 Å². The molecule has 0 amide bonds. The van der Waals surface area contributed by atoms with E-state index in [1.807, 2.05) is 17.5 Å². The summed E-state index contributed by atoms with van der Waals surface area (Å²) in [6.07, 6.45) is 1.99. The number of benzene rings is 1. The van der Waals surface area contributed by atoms with Gasteiger partial charge in [-0.25, -0.2) is 4.79 Å².